The van der Waals surface area contributed by atoms with Crippen LogP contribution in [-0.2, 0) is 20.9 Å². The monoisotopic (exact) mass is 663 g/mol. The summed E-state index contributed by atoms with van der Waals surface area (Å²) in [7, 11) is 0. The predicted octanol–water partition coefficient (Wildman–Crippen LogP) is 6.94. The van der Waals surface area contributed by atoms with Crippen LogP contribution in [0.25, 0.3) is 10.8 Å². The van der Waals surface area contributed by atoms with Gasteiger partial charge in [-0.05, 0) is 58.8 Å². The Morgan fingerprint density at radius 1 is 0.886 bits per heavy atom. The molecule has 1 saturated heterocycles. The third kappa shape index (κ3) is 4.82. The molecule has 12 heteroatoms. The Bertz CT molecular complexity index is 2060. The second kappa shape index (κ2) is 11.2. The summed E-state index contributed by atoms with van der Waals surface area (Å²) in [5.41, 5.74) is 1.31. The fraction of sp³-hybridized carbons (Fsp3) is 0.125. The zero-order valence-electron chi connectivity index (χ0n) is 22.5. The summed E-state index contributed by atoms with van der Waals surface area (Å²) in [6.07, 6.45) is 0. The summed E-state index contributed by atoms with van der Waals surface area (Å²) in [6.45, 7) is -0.304. The molecular weight excluding hydrogens is 644 g/mol. The number of carbonyl (C=O) groups is 3. The second-order valence-electron chi connectivity index (χ2n) is 10.4. The highest BCUT2D eigenvalue weighted by atomic mass is 35.5. The van der Waals surface area contributed by atoms with Gasteiger partial charge in [-0.25, -0.2) is 9.29 Å². The molecule has 1 N–H and O–H groups in total. The van der Waals surface area contributed by atoms with Crippen molar-refractivity contribution in [2.75, 3.05) is 10.2 Å². The maximum absolute atomic E-state index is 14.0. The van der Waals surface area contributed by atoms with Gasteiger partial charge in [0.1, 0.15) is 17.6 Å². The number of rotatable bonds is 5. The van der Waals surface area contributed by atoms with E-state index in [0.717, 1.165) is 38.8 Å². The maximum atomic E-state index is 14.0. The highest BCUT2D eigenvalue weighted by molar-refractivity contribution is 8.00. The highest BCUT2D eigenvalue weighted by Gasteiger charge is 2.57. The van der Waals surface area contributed by atoms with E-state index in [0.29, 0.717) is 21.2 Å². The quantitative estimate of drug-likeness (QED) is 0.206. The van der Waals surface area contributed by atoms with Crippen LogP contribution in [-0.4, -0.2) is 27.5 Å². The summed E-state index contributed by atoms with van der Waals surface area (Å²) >= 11 is 15.0. The lowest BCUT2D eigenvalue weighted by atomic mass is 9.83. The Labute approximate surface area is 268 Å². The number of imide groups is 1. The van der Waals surface area contributed by atoms with Crippen molar-refractivity contribution in [3.63, 3.8) is 0 Å². The van der Waals surface area contributed by atoms with Crippen LogP contribution >= 0.6 is 46.3 Å². The van der Waals surface area contributed by atoms with Gasteiger partial charge in [0.2, 0.25) is 17.7 Å². The van der Waals surface area contributed by atoms with Crippen LogP contribution in [0.3, 0.4) is 0 Å². The number of halogens is 3. The molecule has 0 saturated carbocycles. The SMILES string of the molecule is O=C(Cn1c2c(sc1=O)[C@H](c1cccc(Cl)c1Cl)C1C(=O)N(c3ccc(F)cc3)C(=O)C1S2)Nc1ccc2ccccc2c1. The first-order chi connectivity index (χ1) is 21.2. The third-order valence-electron chi connectivity index (χ3n) is 7.79. The van der Waals surface area contributed by atoms with Crippen molar-refractivity contribution in [3.8, 4) is 0 Å². The van der Waals surface area contributed by atoms with E-state index >= 15 is 0 Å². The van der Waals surface area contributed by atoms with Gasteiger partial charge in [-0.1, -0.05) is 88.8 Å². The molecular formula is C32H20Cl2FN3O4S2. The number of amides is 3. The first-order valence-electron chi connectivity index (χ1n) is 13.5. The smallest absolute Gasteiger partial charge is 0.308 e. The van der Waals surface area contributed by atoms with Crippen LogP contribution in [0.2, 0.25) is 10.0 Å². The number of thioether (sulfide) groups is 1. The number of carbonyl (C=O) groups excluding carboxylic acids is 3. The summed E-state index contributed by atoms with van der Waals surface area (Å²) in [5.74, 6) is -3.63. The first-order valence-corrected chi connectivity index (χ1v) is 15.9. The molecule has 4 aromatic carbocycles. The molecule has 2 unspecified atom stereocenters. The summed E-state index contributed by atoms with van der Waals surface area (Å²) in [6, 6.07) is 23.4. The molecule has 44 heavy (non-hydrogen) atoms. The molecule has 1 fully saturated rings. The Kier molecular flexibility index (Phi) is 7.32. The normalized spacial score (nSPS) is 19.2. The number of thiazole rings is 1. The van der Waals surface area contributed by atoms with Crippen LogP contribution < -0.4 is 15.1 Å². The van der Waals surface area contributed by atoms with Gasteiger partial charge in [0, 0.05) is 16.5 Å². The molecule has 0 aliphatic carbocycles. The Hall–Kier alpha value is -3.96. The molecule has 2 aliphatic heterocycles. The second-order valence-corrected chi connectivity index (χ2v) is 13.3. The maximum Gasteiger partial charge on any atom is 0.308 e. The number of benzene rings is 4. The van der Waals surface area contributed by atoms with Gasteiger partial charge in [0.25, 0.3) is 0 Å². The lowest BCUT2D eigenvalue weighted by Gasteiger charge is -2.31. The van der Waals surface area contributed by atoms with E-state index in [9.17, 15) is 23.6 Å². The number of hydrogen-bond donors (Lipinski definition) is 1. The zero-order valence-corrected chi connectivity index (χ0v) is 25.6. The van der Waals surface area contributed by atoms with Crippen molar-refractivity contribution < 1.29 is 18.8 Å². The van der Waals surface area contributed by atoms with E-state index < -0.39 is 45.5 Å². The van der Waals surface area contributed by atoms with E-state index in [1.807, 2.05) is 36.4 Å². The molecule has 0 spiro atoms. The van der Waals surface area contributed by atoms with Crippen molar-refractivity contribution in [1.82, 2.24) is 4.57 Å². The molecule has 3 atom stereocenters. The molecule has 0 bridgehead atoms. The predicted molar refractivity (Wildman–Crippen MR) is 171 cm³/mol. The topological polar surface area (TPSA) is 88.5 Å². The van der Waals surface area contributed by atoms with Crippen LogP contribution in [0.5, 0.6) is 0 Å². The lowest BCUT2D eigenvalue weighted by molar-refractivity contribution is -0.122. The third-order valence-corrected chi connectivity index (χ3v) is 11.2. The van der Waals surface area contributed by atoms with Crippen LogP contribution in [0, 0.1) is 11.7 Å². The summed E-state index contributed by atoms with van der Waals surface area (Å²) < 4.78 is 15.0. The van der Waals surface area contributed by atoms with Crippen LogP contribution in [0.4, 0.5) is 15.8 Å². The van der Waals surface area contributed by atoms with Gasteiger partial charge in [0.05, 0.1) is 26.7 Å². The highest BCUT2D eigenvalue weighted by Crippen LogP contribution is 2.55. The van der Waals surface area contributed by atoms with Gasteiger partial charge in [-0.15, -0.1) is 0 Å². The van der Waals surface area contributed by atoms with Gasteiger partial charge < -0.3 is 5.32 Å². The fourth-order valence-corrected chi connectivity index (χ4v) is 9.00. The first kappa shape index (κ1) is 28.8. The van der Waals surface area contributed by atoms with Gasteiger partial charge in [-0.3, -0.25) is 23.7 Å². The van der Waals surface area contributed by atoms with Crippen LogP contribution in [0.1, 0.15) is 16.4 Å². The molecule has 7 nitrogen and oxygen atoms in total. The van der Waals surface area contributed by atoms with Crippen molar-refractivity contribution >= 4 is 86.2 Å². The Balaban J connectivity index is 1.28. The summed E-state index contributed by atoms with van der Waals surface area (Å²) in [5, 5.41) is 4.79. The minimum absolute atomic E-state index is 0.206. The molecule has 5 aromatic rings. The molecule has 7 rings (SSSR count). The fourth-order valence-electron chi connectivity index (χ4n) is 5.81. The van der Waals surface area contributed by atoms with Gasteiger partial charge in [0.15, 0.2) is 0 Å². The molecule has 1 aromatic heterocycles. The lowest BCUT2D eigenvalue weighted by Crippen LogP contribution is -2.33. The van der Waals surface area contributed by atoms with Crippen molar-refractivity contribution in [2.45, 2.75) is 22.7 Å². The van der Waals surface area contributed by atoms with E-state index in [2.05, 4.69) is 5.32 Å². The number of nitrogens with one attached hydrogen (secondary N) is 1. The number of hydrogen-bond acceptors (Lipinski definition) is 6. The number of aromatic nitrogens is 1. The molecule has 2 aliphatic rings. The van der Waals surface area contributed by atoms with E-state index in [-0.39, 0.29) is 22.3 Å². The Morgan fingerprint density at radius 2 is 1.64 bits per heavy atom. The zero-order chi connectivity index (χ0) is 30.7. The van der Waals surface area contributed by atoms with Gasteiger partial charge in [-0.2, -0.15) is 0 Å². The minimum Gasteiger partial charge on any atom is -0.325 e. The largest absolute Gasteiger partial charge is 0.325 e. The molecule has 3 amide bonds. The average Bonchev–Trinajstić information content (AvgIpc) is 3.45. The van der Waals surface area contributed by atoms with Crippen molar-refractivity contribution in [2.24, 2.45) is 5.92 Å². The van der Waals surface area contributed by atoms with E-state index in [1.165, 1.54) is 28.8 Å². The number of anilines is 2. The number of nitrogens with zero attached hydrogens (tertiary/aromatic N) is 2. The summed E-state index contributed by atoms with van der Waals surface area (Å²) in [4.78, 5) is 55.6. The van der Waals surface area contributed by atoms with Crippen LogP contribution in [0.15, 0.2) is 94.7 Å². The number of fused-ring (bicyclic) bond motifs is 3. The standard InChI is InChI=1S/C32H20Cl2FN3O4S2/c33-22-7-3-6-21(26(22)34)24-25-27(30(41)38(29(25)40)20-12-9-18(35)10-13-20)43-31-28(24)44-32(42)37(31)15-23(39)36-19-11-8-16-4-1-2-5-17(16)14-19/h1-14,24-25,27H,15H2,(H,36,39)/t24-,25?,27?/m1/s1. The molecule has 0 radical (unpaired) electrons. The van der Waals surface area contributed by atoms with Gasteiger partial charge >= 0.3 is 4.87 Å². The molecule has 220 valence electrons. The minimum atomic E-state index is -0.927. The molecule has 3 heterocycles. The van der Waals surface area contributed by atoms with Crippen molar-refractivity contribution in [3.05, 3.63) is 121 Å². The van der Waals surface area contributed by atoms with E-state index in [1.54, 1.807) is 24.3 Å². The van der Waals surface area contributed by atoms with Crippen molar-refractivity contribution in [1.29, 1.82) is 0 Å². The Morgan fingerprint density at radius 3 is 2.41 bits per heavy atom. The average molecular weight is 665 g/mol. The van der Waals surface area contributed by atoms with E-state index in [4.69, 9.17) is 23.2 Å².